The Morgan fingerprint density at radius 2 is 2.00 bits per heavy atom. The lowest BCUT2D eigenvalue weighted by molar-refractivity contribution is 0.0992. The zero-order valence-corrected chi connectivity index (χ0v) is 12.2. The summed E-state index contributed by atoms with van der Waals surface area (Å²) in [6.45, 7) is 6.56. The van der Waals surface area contributed by atoms with Crippen LogP contribution in [0.1, 0.15) is 20.8 Å². The molecule has 3 fully saturated rings. The van der Waals surface area contributed by atoms with Crippen molar-refractivity contribution in [1.29, 1.82) is 0 Å². The first-order valence-corrected chi connectivity index (χ1v) is 7.02. The van der Waals surface area contributed by atoms with Crippen LogP contribution in [0.2, 0.25) is 0 Å². The smallest absolute Gasteiger partial charge is 0.410 e. The zero-order valence-electron chi connectivity index (χ0n) is 9.04. The summed E-state index contributed by atoms with van der Waals surface area (Å²) in [4.78, 5) is 14.4. The van der Waals surface area contributed by atoms with Gasteiger partial charge >= 0.3 is 6.09 Å². The molecule has 3 rings (SSSR count). The molecule has 0 radical (unpaired) electrons. The van der Waals surface area contributed by atoms with Crippen molar-refractivity contribution in [2.45, 2.75) is 42.5 Å². The molecule has 3 nitrogen and oxygen atoms in total. The van der Waals surface area contributed by atoms with E-state index in [1.807, 2.05) is 11.8 Å². The van der Waals surface area contributed by atoms with E-state index in [1.54, 1.807) is 0 Å². The van der Waals surface area contributed by atoms with Crippen LogP contribution in [0.5, 0.6) is 0 Å². The molecule has 86 valence electrons. The van der Waals surface area contributed by atoms with Gasteiger partial charge in [0.05, 0.1) is 12.6 Å². The van der Waals surface area contributed by atoms with Crippen molar-refractivity contribution in [3.05, 3.63) is 0 Å². The first kappa shape index (κ1) is 11.7. The Morgan fingerprint density at radius 3 is 2.33 bits per heavy atom. The number of nitrogens with zero attached hydrogens (tertiary/aromatic N) is 1. The summed E-state index contributed by atoms with van der Waals surface area (Å²) in [5, 5.41) is 0. The first-order chi connectivity index (χ1) is 6.96. The second-order valence-electron chi connectivity index (χ2n) is 4.44. The van der Waals surface area contributed by atoms with Gasteiger partial charge in [-0.05, 0) is 13.8 Å². The average molecular weight is 341 g/mol. The highest BCUT2D eigenvalue weighted by Gasteiger charge is 2.71. The topological polar surface area (TPSA) is 29.5 Å². The number of ether oxygens (including phenoxy) is 1. The third kappa shape index (κ3) is 1.25. The van der Waals surface area contributed by atoms with Gasteiger partial charge in [-0.2, -0.15) is 0 Å². The lowest BCUT2D eigenvalue weighted by Gasteiger charge is -2.46. The molecule has 2 bridgehead atoms. The molecule has 15 heavy (non-hydrogen) atoms. The Labute approximate surface area is 107 Å². The number of amides is 1. The maximum absolute atomic E-state index is 11.8. The summed E-state index contributed by atoms with van der Waals surface area (Å²) in [5.74, 6) is 0. The number of halogens is 2. The second-order valence-corrected chi connectivity index (χ2v) is 6.42. The molecule has 2 aliphatic heterocycles. The van der Waals surface area contributed by atoms with Crippen LogP contribution in [0, 0.1) is 5.41 Å². The molecule has 2 heterocycles. The van der Waals surface area contributed by atoms with Gasteiger partial charge in [0.2, 0.25) is 0 Å². The Kier molecular flexibility index (Phi) is 2.83. The van der Waals surface area contributed by atoms with Gasteiger partial charge in [-0.3, -0.25) is 4.90 Å². The van der Waals surface area contributed by atoms with Crippen molar-refractivity contribution in [2.24, 2.45) is 5.41 Å². The van der Waals surface area contributed by atoms with Gasteiger partial charge in [0.15, 0.2) is 0 Å². The average Bonchev–Trinajstić information content (AvgIpc) is 2.53. The van der Waals surface area contributed by atoms with Crippen molar-refractivity contribution in [3.63, 3.8) is 0 Å². The summed E-state index contributed by atoms with van der Waals surface area (Å²) in [5.41, 5.74) is 0.122. The second kappa shape index (κ2) is 3.62. The SMILES string of the molecule is CCOC(=O)N1C2[C@@H](Br)C(C)([C@H]2Br)[C@H]1C. The molecule has 0 aromatic carbocycles. The largest absolute Gasteiger partial charge is 0.450 e. The molecule has 5 heteroatoms. The predicted octanol–water partition coefficient (Wildman–Crippen LogP) is 2.76. The first-order valence-electron chi connectivity index (χ1n) is 5.19. The van der Waals surface area contributed by atoms with Crippen LogP contribution in [-0.4, -0.2) is 39.3 Å². The number of rotatable bonds is 1. The maximum Gasteiger partial charge on any atom is 0.410 e. The molecule has 3 aliphatic rings. The standard InChI is InChI=1S/C10H15Br2NO2/c1-4-15-9(14)13-5(2)10(3)7(11)6(13)8(10)12/h5-8H,4H2,1-3H3/t5-,6?,7-,8+,10?/m1/s1. The van der Waals surface area contributed by atoms with Gasteiger partial charge in [-0.1, -0.05) is 38.8 Å². The molecule has 2 saturated heterocycles. The van der Waals surface area contributed by atoms with Crippen LogP contribution in [0.3, 0.4) is 0 Å². The van der Waals surface area contributed by atoms with Gasteiger partial charge in [0.1, 0.15) is 0 Å². The van der Waals surface area contributed by atoms with Crippen molar-refractivity contribution in [2.75, 3.05) is 6.61 Å². The van der Waals surface area contributed by atoms with E-state index in [1.165, 1.54) is 0 Å². The van der Waals surface area contributed by atoms with Gasteiger partial charge in [-0.25, -0.2) is 4.79 Å². The van der Waals surface area contributed by atoms with Crippen molar-refractivity contribution < 1.29 is 9.53 Å². The minimum Gasteiger partial charge on any atom is -0.450 e. The van der Waals surface area contributed by atoms with Crippen LogP contribution in [0.15, 0.2) is 0 Å². The Bertz CT molecular complexity index is 285. The summed E-state index contributed by atoms with van der Waals surface area (Å²) in [7, 11) is 0. The van der Waals surface area contributed by atoms with E-state index in [4.69, 9.17) is 4.74 Å². The minimum absolute atomic E-state index is 0.122. The summed E-state index contributed by atoms with van der Waals surface area (Å²) < 4.78 is 5.08. The Hall–Kier alpha value is 0.230. The fourth-order valence-corrected chi connectivity index (χ4v) is 5.92. The molecule has 0 spiro atoms. The number of carbonyl (C=O) groups is 1. The molecular weight excluding hydrogens is 326 g/mol. The van der Waals surface area contributed by atoms with Crippen molar-refractivity contribution >= 4 is 38.0 Å². The van der Waals surface area contributed by atoms with Crippen LogP contribution >= 0.6 is 31.9 Å². The van der Waals surface area contributed by atoms with E-state index in [2.05, 4.69) is 45.7 Å². The number of hydrogen-bond donors (Lipinski definition) is 0. The van der Waals surface area contributed by atoms with E-state index in [0.717, 1.165) is 0 Å². The molecule has 0 aromatic heterocycles. The monoisotopic (exact) mass is 339 g/mol. The van der Waals surface area contributed by atoms with Crippen LogP contribution in [-0.2, 0) is 4.74 Å². The normalized spacial score (nSPS) is 47.7. The highest BCUT2D eigenvalue weighted by molar-refractivity contribution is 9.10. The lowest BCUT2D eigenvalue weighted by atomic mass is 9.68. The molecule has 1 amide bonds. The van der Waals surface area contributed by atoms with Crippen LogP contribution in [0.4, 0.5) is 4.79 Å². The van der Waals surface area contributed by atoms with Crippen molar-refractivity contribution in [3.8, 4) is 0 Å². The van der Waals surface area contributed by atoms with E-state index < -0.39 is 0 Å². The van der Waals surface area contributed by atoms with Gasteiger partial charge in [0, 0.05) is 21.1 Å². The third-order valence-corrected chi connectivity index (χ3v) is 6.96. The maximum atomic E-state index is 11.8. The number of hydrogen-bond acceptors (Lipinski definition) is 2. The highest BCUT2D eigenvalue weighted by atomic mass is 79.9. The summed E-state index contributed by atoms with van der Waals surface area (Å²) in [6, 6.07) is 0.444. The quantitative estimate of drug-likeness (QED) is 0.687. The number of carbonyl (C=O) groups excluding carboxylic acids is 1. The van der Waals surface area contributed by atoms with Crippen molar-refractivity contribution in [1.82, 2.24) is 4.90 Å². The van der Waals surface area contributed by atoms with Gasteiger partial charge < -0.3 is 4.74 Å². The van der Waals surface area contributed by atoms with Gasteiger partial charge in [0.25, 0.3) is 0 Å². The third-order valence-electron chi connectivity index (χ3n) is 3.91. The molecular formula is C10H15Br2NO2. The number of alkyl halides is 2. The fraction of sp³-hybridized carbons (Fsp3) is 0.900. The van der Waals surface area contributed by atoms with Crippen LogP contribution < -0.4 is 0 Å². The van der Waals surface area contributed by atoms with Gasteiger partial charge in [-0.15, -0.1) is 0 Å². The Balaban J connectivity index is 2.21. The molecule has 0 aromatic rings. The van der Waals surface area contributed by atoms with E-state index in [0.29, 0.717) is 16.3 Å². The summed E-state index contributed by atoms with van der Waals surface area (Å²) in [6.07, 6.45) is -0.190. The molecule has 1 aliphatic carbocycles. The molecule has 0 N–H and O–H groups in total. The zero-order chi connectivity index (χ0) is 11.4. The van der Waals surface area contributed by atoms with E-state index >= 15 is 0 Å². The fourth-order valence-electron chi connectivity index (χ4n) is 2.70. The Morgan fingerprint density at radius 1 is 1.47 bits per heavy atom. The molecule has 2 unspecified atom stereocenters. The summed E-state index contributed by atoms with van der Waals surface area (Å²) >= 11 is 7.34. The van der Waals surface area contributed by atoms with Crippen LogP contribution in [0.25, 0.3) is 0 Å². The predicted molar refractivity (Wildman–Crippen MR) is 65.6 cm³/mol. The van der Waals surface area contributed by atoms with E-state index in [-0.39, 0.29) is 23.6 Å². The molecule has 5 atom stereocenters. The molecule has 1 saturated carbocycles. The highest BCUT2D eigenvalue weighted by Crippen LogP contribution is 2.62. The minimum atomic E-state index is -0.190. The lowest BCUT2D eigenvalue weighted by Crippen LogP contribution is -2.57. The van der Waals surface area contributed by atoms with E-state index in [9.17, 15) is 4.79 Å². The number of fused-ring (bicyclic) bond motifs is 1.